The van der Waals surface area contributed by atoms with E-state index in [4.69, 9.17) is 20.9 Å². The van der Waals surface area contributed by atoms with Gasteiger partial charge in [-0.1, -0.05) is 23.5 Å². The Morgan fingerprint density at radius 2 is 1.64 bits per heavy atom. The van der Waals surface area contributed by atoms with Crippen molar-refractivity contribution >= 4 is 32.6 Å². The quantitative estimate of drug-likeness (QED) is 0.141. The zero-order valence-electron chi connectivity index (χ0n) is 19.1. The van der Waals surface area contributed by atoms with Gasteiger partial charge in [-0.2, -0.15) is 13.2 Å². The van der Waals surface area contributed by atoms with Crippen LogP contribution in [0.2, 0.25) is 0 Å². The number of nitrogens with zero attached hydrogens (tertiary/aromatic N) is 2. The number of hydrogen-bond donors (Lipinski definition) is 3. The summed E-state index contributed by atoms with van der Waals surface area (Å²) in [5.41, 5.74) is 11.7. The molecular formula is C25H24F3N5O2S. The van der Waals surface area contributed by atoms with Crippen LogP contribution in [0.15, 0.2) is 71.7 Å². The van der Waals surface area contributed by atoms with Crippen LogP contribution < -0.4 is 26.3 Å². The van der Waals surface area contributed by atoms with Gasteiger partial charge in [0.25, 0.3) is 0 Å². The zero-order valence-corrected chi connectivity index (χ0v) is 19.9. The normalized spacial score (nSPS) is 11.3. The van der Waals surface area contributed by atoms with Crippen LogP contribution in [0.3, 0.4) is 0 Å². The van der Waals surface area contributed by atoms with Crippen LogP contribution >= 0.6 is 11.3 Å². The molecule has 0 spiro atoms. The van der Waals surface area contributed by atoms with Crippen molar-refractivity contribution in [3.63, 3.8) is 0 Å². The second-order valence-electron chi connectivity index (χ2n) is 7.78. The van der Waals surface area contributed by atoms with Crippen molar-refractivity contribution in [2.75, 3.05) is 18.5 Å². The van der Waals surface area contributed by atoms with Gasteiger partial charge < -0.3 is 26.3 Å². The summed E-state index contributed by atoms with van der Waals surface area (Å²) < 4.78 is 50.5. The molecule has 3 aromatic carbocycles. The van der Waals surface area contributed by atoms with E-state index in [1.165, 1.54) is 23.5 Å². The molecule has 188 valence electrons. The van der Waals surface area contributed by atoms with Gasteiger partial charge in [-0.25, -0.2) is 4.98 Å². The summed E-state index contributed by atoms with van der Waals surface area (Å²) in [7, 11) is 0. The zero-order chi connectivity index (χ0) is 25.5. The minimum absolute atomic E-state index is 0.0758. The van der Waals surface area contributed by atoms with E-state index in [-0.39, 0.29) is 5.96 Å². The lowest BCUT2D eigenvalue weighted by atomic mass is 10.2. The highest BCUT2D eigenvalue weighted by Gasteiger charge is 2.30. The highest BCUT2D eigenvalue weighted by atomic mass is 32.1. The number of nitrogens with two attached hydrogens (primary N) is 2. The molecule has 36 heavy (non-hydrogen) atoms. The molecule has 0 saturated heterocycles. The van der Waals surface area contributed by atoms with E-state index in [0.29, 0.717) is 31.2 Å². The lowest BCUT2D eigenvalue weighted by molar-refractivity contribution is -0.137. The molecule has 0 aliphatic carbocycles. The Hall–Kier alpha value is -3.99. The van der Waals surface area contributed by atoms with E-state index in [2.05, 4.69) is 15.3 Å². The fraction of sp³-hybridized carbons (Fsp3) is 0.200. The summed E-state index contributed by atoms with van der Waals surface area (Å²) in [5.74, 6) is 1.69. The summed E-state index contributed by atoms with van der Waals surface area (Å²) in [5, 5.41) is 4.06. The second kappa shape index (κ2) is 11.2. The SMILES string of the molecule is NC(N)=NCCCOc1ccc(CNc2nc3ccc(Oc4ccc(C(F)(F)F)cc4)cc3s2)cc1. The molecule has 0 bridgehead atoms. The number of hydrogen-bond acceptors (Lipinski definition) is 6. The maximum Gasteiger partial charge on any atom is 0.416 e. The average molecular weight is 516 g/mol. The van der Waals surface area contributed by atoms with Crippen LogP contribution in [-0.4, -0.2) is 24.1 Å². The molecule has 0 amide bonds. The number of anilines is 1. The van der Waals surface area contributed by atoms with E-state index < -0.39 is 11.7 Å². The Bertz CT molecular complexity index is 1320. The average Bonchev–Trinajstić information content (AvgIpc) is 3.25. The van der Waals surface area contributed by atoms with Gasteiger partial charge in [0, 0.05) is 25.6 Å². The number of ether oxygens (including phenoxy) is 2. The largest absolute Gasteiger partial charge is 0.494 e. The summed E-state index contributed by atoms with van der Waals surface area (Å²) in [6.07, 6.45) is -3.66. The predicted octanol–water partition coefficient (Wildman–Crippen LogP) is 5.76. The van der Waals surface area contributed by atoms with E-state index in [0.717, 1.165) is 45.2 Å². The fourth-order valence-corrected chi connectivity index (χ4v) is 4.13. The molecule has 0 aliphatic rings. The van der Waals surface area contributed by atoms with Gasteiger partial charge in [0.1, 0.15) is 17.2 Å². The number of rotatable bonds is 10. The van der Waals surface area contributed by atoms with Crippen LogP contribution in [0.5, 0.6) is 17.2 Å². The van der Waals surface area contributed by atoms with Crippen LogP contribution in [-0.2, 0) is 12.7 Å². The van der Waals surface area contributed by atoms with Crippen molar-refractivity contribution in [3.8, 4) is 17.2 Å². The van der Waals surface area contributed by atoms with Crippen molar-refractivity contribution in [2.24, 2.45) is 16.5 Å². The number of nitrogens with one attached hydrogen (secondary N) is 1. The van der Waals surface area contributed by atoms with E-state index >= 15 is 0 Å². The van der Waals surface area contributed by atoms with E-state index in [1.807, 2.05) is 36.4 Å². The highest BCUT2D eigenvalue weighted by Crippen LogP contribution is 2.33. The minimum Gasteiger partial charge on any atom is -0.494 e. The first kappa shape index (κ1) is 25.1. The Kier molecular flexibility index (Phi) is 7.79. The molecule has 4 rings (SSSR count). The lowest BCUT2D eigenvalue weighted by Gasteiger charge is -2.08. The third-order valence-corrected chi connectivity index (χ3v) is 5.99. The number of aliphatic imine (C=N–C) groups is 1. The summed E-state index contributed by atoms with van der Waals surface area (Å²) in [4.78, 5) is 8.49. The van der Waals surface area contributed by atoms with E-state index in [1.54, 1.807) is 6.07 Å². The Morgan fingerprint density at radius 1 is 0.944 bits per heavy atom. The molecule has 5 N–H and O–H groups in total. The van der Waals surface area contributed by atoms with Gasteiger partial charge in [0.15, 0.2) is 11.1 Å². The molecule has 4 aromatic rings. The molecule has 0 unspecified atom stereocenters. The van der Waals surface area contributed by atoms with Gasteiger partial charge >= 0.3 is 6.18 Å². The summed E-state index contributed by atoms with van der Waals surface area (Å²) in [6.45, 7) is 1.62. The first-order valence-electron chi connectivity index (χ1n) is 11.0. The second-order valence-corrected chi connectivity index (χ2v) is 8.81. The maximum absolute atomic E-state index is 12.7. The minimum atomic E-state index is -4.38. The molecule has 0 aliphatic heterocycles. The number of thiazole rings is 1. The summed E-state index contributed by atoms with van der Waals surface area (Å²) >= 11 is 1.46. The van der Waals surface area contributed by atoms with Gasteiger partial charge in [-0.05, 0) is 54.1 Å². The van der Waals surface area contributed by atoms with Crippen molar-refractivity contribution in [2.45, 2.75) is 19.1 Å². The van der Waals surface area contributed by atoms with Gasteiger partial charge in [0.2, 0.25) is 0 Å². The van der Waals surface area contributed by atoms with Crippen LogP contribution in [0, 0.1) is 0 Å². The molecule has 0 atom stereocenters. The number of fused-ring (bicyclic) bond motifs is 1. The maximum atomic E-state index is 12.7. The molecule has 0 radical (unpaired) electrons. The first-order chi connectivity index (χ1) is 17.3. The third kappa shape index (κ3) is 7.01. The van der Waals surface area contributed by atoms with Crippen molar-refractivity contribution in [1.82, 2.24) is 4.98 Å². The molecule has 0 fully saturated rings. The molecule has 1 heterocycles. The fourth-order valence-electron chi connectivity index (χ4n) is 3.24. The first-order valence-corrected chi connectivity index (χ1v) is 11.8. The molecule has 1 aromatic heterocycles. The number of aromatic nitrogens is 1. The number of alkyl halides is 3. The number of benzene rings is 3. The Balaban J connectivity index is 1.30. The topological polar surface area (TPSA) is 108 Å². The lowest BCUT2D eigenvalue weighted by Crippen LogP contribution is -2.23. The monoisotopic (exact) mass is 515 g/mol. The van der Waals surface area contributed by atoms with Crippen molar-refractivity contribution < 1.29 is 22.6 Å². The molecule has 11 heteroatoms. The number of guanidine groups is 1. The molecule has 7 nitrogen and oxygen atoms in total. The number of halogens is 3. The van der Waals surface area contributed by atoms with Crippen LogP contribution in [0.25, 0.3) is 10.2 Å². The van der Waals surface area contributed by atoms with Gasteiger partial charge in [0.05, 0.1) is 22.4 Å². The Labute approximate surface area is 209 Å². The van der Waals surface area contributed by atoms with E-state index in [9.17, 15) is 13.2 Å². The van der Waals surface area contributed by atoms with Crippen molar-refractivity contribution in [3.05, 3.63) is 77.9 Å². The molecule has 0 saturated carbocycles. The summed E-state index contributed by atoms with van der Waals surface area (Å²) in [6, 6.07) is 17.7. The highest BCUT2D eigenvalue weighted by molar-refractivity contribution is 7.22. The van der Waals surface area contributed by atoms with Crippen LogP contribution in [0.4, 0.5) is 18.3 Å². The molecular weight excluding hydrogens is 491 g/mol. The van der Waals surface area contributed by atoms with Gasteiger partial charge in [-0.15, -0.1) is 0 Å². The van der Waals surface area contributed by atoms with Crippen molar-refractivity contribution in [1.29, 1.82) is 0 Å². The predicted molar refractivity (Wildman–Crippen MR) is 136 cm³/mol. The van der Waals surface area contributed by atoms with Gasteiger partial charge in [-0.3, -0.25) is 4.99 Å². The Morgan fingerprint density at radius 3 is 2.33 bits per heavy atom. The smallest absolute Gasteiger partial charge is 0.416 e. The third-order valence-electron chi connectivity index (χ3n) is 5.01. The standard InChI is InChI=1S/C25H24F3N5O2S/c26-25(27,28)17-4-8-19(9-5-17)35-20-10-11-21-22(14-20)36-24(33-21)32-15-16-2-6-18(7-3-16)34-13-1-12-31-23(29)30/h2-11,14H,1,12-13,15H2,(H,32,33)(H4,29,30,31). The van der Waals surface area contributed by atoms with Crippen LogP contribution in [0.1, 0.15) is 17.5 Å².